The molecule has 1 fully saturated rings. The van der Waals surface area contributed by atoms with E-state index in [-0.39, 0.29) is 0 Å². The molecule has 188 valence electrons. The van der Waals surface area contributed by atoms with E-state index in [2.05, 4.69) is 111 Å². The molecule has 0 aliphatic heterocycles. The molecule has 2 unspecified atom stereocenters. The second-order valence-corrected chi connectivity index (χ2v) is 10.5. The summed E-state index contributed by atoms with van der Waals surface area (Å²) in [5, 5.41) is 0. The number of aromatic nitrogens is 1. The maximum Gasteiger partial charge on any atom is 0.0654 e. The van der Waals surface area contributed by atoms with Gasteiger partial charge in [0.25, 0.3) is 0 Å². The van der Waals surface area contributed by atoms with Gasteiger partial charge < -0.3 is 5.43 Å². The van der Waals surface area contributed by atoms with Gasteiger partial charge in [0.1, 0.15) is 0 Å². The molecular formula is C33H46N2. The minimum Gasteiger partial charge on any atom is -0.321 e. The van der Waals surface area contributed by atoms with Crippen LogP contribution in [0, 0.1) is 18.8 Å². The van der Waals surface area contributed by atoms with Crippen LogP contribution in [-0.4, -0.2) is 4.68 Å². The number of allylic oxidation sites excluding steroid dienone is 2. The minimum absolute atomic E-state index is 0.695. The fraction of sp³-hybridized carbons (Fsp3) is 0.455. The van der Waals surface area contributed by atoms with Crippen molar-refractivity contribution in [3.63, 3.8) is 0 Å². The number of nitrogens with zero attached hydrogens (tertiary/aromatic N) is 1. The summed E-state index contributed by atoms with van der Waals surface area (Å²) in [7, 11) is 0. The molecule has 0 bridgehead atoms. The molecular weight excluding hydrogens is 424 g/mol. The second-order valence-electron chi connectivity index (χ2n) is 10.5. The average molecular weight is 471 g/mol. The molecule has 0 radical (unpaired) electrons. The van der Waals surface area contributed by atoms with Gasteiger partial charge in [-0.25, -0.2) is 0 Å². The lowest BCUT2D eigenvalue weighted by atomic mass is 9.82. The Labute approximate surface area is 214 Å². The van der Waals surface area contributed by atoms with Crippen molar-refractivity contribution in [1.82, 2.24) is 4.68 Å². The van der Waals surface area contributed by atoms with Crippen molar-refractivity contribution in [3.05, 3.63) is 101 Å². The summed E-state index contributed by atoms with van der Waals surface area (Å²) in [6.45, 7) is 14.2. The van der Waals surface area contributed by atoms with Gasteiger partial charge in [0.15, 0.2) is 0 Å². The van der Waals surface area contributed by atoms with E-state index in [9.17, 15) is 0 Å². The highest BCUT2D eigenvalue weighted by Gasteiger charge is 2.17. The van der Waals surface area contributed by atoms with E-state index < -0.39 is 0 Å². The molecule has 1 aliphatic carbocycles. The van der Waals surface area contributed by atoms with Gasteiger partial charge in [-0.05, 0) is 74.6 Å². The van der Waals surface area contributed by atoms with E-state index in [0.29, 0.717) is 5.92 Å². The van der Waals surface area contributed by atoms with Crippen LogP contribution in [-0.2, 0) is 13.0 Å². The smallest absolute Gasteiger partial charge is 0.0654 e. The van der Waals surface area contributed by atoms with Crippen molar-refractivity contribution in [1.29, 1.82) is 0 Å². The van der Waals surface area contributed by atoms with Crippen molar-refractivity contribution in [2.75, 3.05) is 5.43 Å². The minimum atomic E-state index is 0.695. The van der Waals surface area contributed by atoms with Gasteiger partial charge in [-0.15, -0.1) is 0 Å². The Balaban J connectivity index is 1.85. The van der Waals surface area contributed by atoms with E-state index in [0.717, 1.165) is 25.3 Å². The Morgan fingerprint density at radius 2 is 1.69 bits per heavy atom. The monoisotopic (exact) mass is 470 g/mol. The van der Waals surface area contributed by atoms with E-state index in [1.54, 1.807) is 0 Å². The molecule has 2 nitrogen and oxygen atoms in total. The average Bonchev–Trinajstić information content (AvgIpc) is 3.20. The van der Waals surface area contributed by atoms with Crippen LogP contribution >= 0.6 is 0 Å². The summed E-state index contributed by atoms with van der Waals surface area (Å²) in [6, 6.07) is 19.4. The fourth-order valence-corrected chi connectivity index (χ4v) is 4.95. The zero-order chi connectivity index (χ0) is 25.0. The largest absolute Gasteiger partial charge is 0.321 e. The molecule has 1 aromatic heterocycles. The van der Waals surface area contributed by atoms with Crippen molar-refractivity contribution in [2.24, 2.45) is 11.8 Å². The van der Waals surface area contributed by atoms with E-state index >= 15 is 0 Å². The molecule has 2 heteroatoms. The highest BCUT2D eigenvalue weighted by Crippen LogP contribution is 2.32. The van der Waals surface area contributed by atoms with Crippen LogP contribution in [0.2, 0.25) is 0 Å². The predicted octanol–water partition coefficient (Wildman–Crippen LogP) is 9.18. The Bertz CT molecular complexity index is 1010. The summed E-state index contributed by atoms with van der Waals surface area (Å²) in [4.78, 5) is 0. The van der Waals surface area contributed by atoms with E-state index in [1.165, 1.54) is 72.1 Å². The molecule has 0 saturated heterocycles. The molecule has 2 atom stereocenters. The zero-order valence-electron chi connectivity index (χ0n) is 22.5. The van der Waals surface area contributed by atoms with Crippen molar-refractivity contribution >= 4 is 6.08 Å². The van der Waals surface area contributed by atoms with E-state index in [4.69, 9.17) is 0 Å². The summed E-state index contributed by atoms with van der Waals surface area (Å²) in [5.74, 6) is 1.56. The molecule has 35 heavy (non-hydrogen) atoms. The van der Waals surface area contributed by atoms with Gasteiger partial charge in [0, 0.05) is 6.20 Å². The topological polar surface area (TPSA) is 17.0 Å². The Hall–Kier alpha value is -2.74. The third kappa shape index (κ3) is 8.76. The molecule has 1 aliphatic rings. The molecule has 0 amide bonds. The lowest BCUT2D eigenvalue weighted by molar-refractivity contribution is 0.354. The van der Waals surface area contributed by atoms with Crippen LogP contribution in [0.1, 0.15) is 88.1 Å². The molecule has 1 heterocycles. The van der Waals surface area contributed by atoms with Gasteiger partial charge >= 0.3 is 0 Å². The van der Waals surface area contributed by atoms with Crippen LogP contribution < -0.4 is 5.43 Å². The number of aryl methyl sites for hydroxylation is 1. The first-order valence-corrected chi connectivity index (χ1v) is 13.6. The Morgan fingerprint density at radius 3 is 2.40 bits per heavy atom. The number of rotatable bonds is 8. The lowest BCUT2D eigenvalue weighted by Gasteiger charge is -2.24. The normalized spacial score (nSPS) is 18.8. The van der Waals surface area contributed by atoms with Crippen LogP contribution in [0.25, 0.3) is 6.08 Å². The van der Waals surface area contributed by atoms with Gasteiger partial charge in [0.2, 0.25) is 0 Å². The van der Waals surface area contributed by atoms with Crippen LogP contribution in [0.3, 0.4) is 0 Å². The number of hydrogen-bond acceptors (Lipinski definition) is 1. The van der Waals surface area contributed by atoms with E-state index in [1.807, 2.05) is 0 Å². The molecule has 0 spiro atoms. The van der Waals surface area contributed by atoms with Gasteiger partial charge in [0.05, 0.1) is 12.2 Å². The highest BCUT2D eigenvalue weighted by molar-refractivity contribution is 5.55. The quantitative estimate of drug-likeness (QED) is 0.380. The molecule has 1 saturated carbocycles. The molecule has 2 aromatic rings. The van der Waals surface area contributed by atoms with Crippen LogP contribution in [0.5, 0.6) is 0 Å². The van der Waals surface area contributed by atoms with Crippen molar-refractivity contribution < 1.29 is 0 Å². The standard InChI is InChI=1S/C33H46N2/c1-6-26(2)23-32-21-22-35(34-25-30-16-10-7-13-27(3)14-8-11-17-30)33(32)24-29(5)31-18-12-9-15-28(4)19-20-31/h7-8,10-11,13-14,16-17,21-22,24,28,31,34H,2,6,9,12,15,18-20,23,25H2,1,3-5H3. The summed E-state index contributed by atoms with van der Waals surface area (Å²) in [5.41, 5.74) is 11.6. The molecule has 1 N–H and O–H groups in total. The highest BCUT2D eigenvalue weighted by atomic mass is 15.4. The Kier molecular flexibility index (Phi) is 10.7. The summed E-state index contributed by atoms with van der Waals surface area (Å²) < 4.78 is 2.23. The van der Waals surface area contributed by atoms with Crippen LogP contribution in [0.4, 0.5) is 0 Å². The third-order valence-corrected chi connectivity index (χ3v) is 7.48. The SMILES string of the molecule is C=C(CC)Cc1ccn(NCc2ccccc(C)cccc2)c1C=C(C)C1CCCCC(C)CC1. The van der Waals surface area contributed by atoms with Crippen LogP contribution in [0.15, 0.2) is 78.5 Å². The van der Waals surface area contributed by atoms with Crippen molar-refractivity contribution in [2.45, 2.75) is 85.6 Å². The Morgan fingerprint density at radius 1 is 1.00 bits per heavy atom. The lowest BCUT2D eigenvalue weighted by Crippen LogP contribution is -2.16. The summed E-state index contributed by atoms with van der Waals surface area (Å²) >= 11 is 0. The third-order valence-electron chi connectivity index (χ3n) is 7.48. The summed E-state index contributed by atoms with van der Waals surface area (Å²) in [6.07, 6.45) is 14.7. The maximum atomic E-state index is 4.29. The maximum absolute atomic E-state index is 4.29. The number of nitrogens with one attached hydrogen (secondary N) is 1. The number of hydrogen-bond donors (Lipinski definition) is 1. The van der Waals surface area contributed by atoms with Gasteiger partial charge in [-0.1, -0.05) is 111 Å². The molecule has 1 aromatic carbocycles. The molecule has 3 rings (SSSR count). The first-order valence-electron chi connectivity index (χ1n) is 13.6. The second kappa shape index (κ2) is 14.0. The zero-order valence-corrected chi connectivity index (χ0v) is 22.5. The van der Waals surface area contributed by atoms with Gasteiger partial charge in [-0.2, -0.15) is 0 Å². The van der Waals surface area contributed by atoms with Crippen molar-refractivity contribution in [3.8, 4) is 0 Å². The van der Waals surface area contributed by atoms with Gasteiger partial charge in [-0.3, -0.25) is 4.68 Å². The predicted molar refractivity (Wildman–Crippen MR) is 153 cm³/mol. The first-order chi connectivity index (χ1) is 17.0. The fourth-order valence-electron chi connectivity index (χ4n) is 4.95. The first kappa shape index (κ1) is 26.9.